The van der Waals surface area contributed by atoms with Crippen LogP contribution in [0.4, 0.5) is 0 Å². The van der Waals surface area contributed by atoms with Crippen LogP contribution >= 0.6 is 11.8 Å². The number of thioether (sulfide) groups is 1. The summed E-state index contributed by atoms with van der Waals surface area (Å²) in [4.78, 5) is 34.6. The van der Waals surface area contributed by atoms with Gasteiger partial charge in [-0.3, -0.25) is 14.5 Å². The van der Waals surface area contributed by atoms with E-state index in [1.807, 2.05) is 6.07 Å². The van der Waals surface area contributed by atoms with Gasteiger partial charge in [-0.25, -0.2) is 4.98 Å². The molecule has 0 saturated carbocycles. The number of pyridine rings is 1. The minimum atomic E-state index is -0.828. The number of hydrogen-bond acceptors (Lipinski definition) is 7. The summed E-state index contributed by atoms with van der Waals surface area (Å²) < 4.78 is 6.17. The van der Waals surface area contributed by atoms with Gasteiger partial charge in [-0.15, -0.1) is 11.8 Å². The van der Waals surface area contributed by atoms with Crippen LogP contribution in [0.15, 0.2) is 35.4 Å². The highest BCUT2D eigenvalue weighted by molar-refractivity contribution is 7.99. The number of amides is 2. The van der Waals surface area contributed by atoms with Crippen molar-refractivity contribution in [3.8, 4) is 5.75 Å². The molecule has 2 N–H and O–H groups in total. The van der Waals surface area contributed by atoms with Crippen molar-refractivity contribution in [1.82, 2.24) is 20.1 Å². The average molecular weight is 523 g/mol. The van der Waals surface area contributed by atoms with E-state index in [0.717, 1.165) is 54.5 Å². The molecule has 1 aromatic carbocycles. The number of rotatable bonds is 5. The molecule has 2 aromatic rings. The predicted octanol–water partition coefficient (Wildman–Crippen LogP) is 3.06. The van der Waals surface area contributed by atoms with Crippen molar-refractivity contribution >= 4 is 23.6 Å². The van der Waals surface area contributed by atoms with Gasteiger partial charge in [-0.1, -0.05) is 19.9 Å². The number of carbonyl (C=O) groups is 2. The van der Waals surface area contributed by atoms with Gasteiger partial charge in [0, 0.05) is 34.9 Å². The number of nitrogens with zero attached hydrogens (tertiary/aromatic N) is 3. The lowest BCUT2D eigenvalue weighted by Gasteiger charge is -2.38. The monoisotopic (exact) mass is 522 g/mol. The normalized spacial score (nSPS) is 24.8. The summed E-state index contributed by atoms with van der Waals surface area (Å²) >= 11 is 1.79. The fourth-order valence-electron chi connectivity index (χ4n) is 6.16. The van der Waals surface area contributed by atoms with E-state index >= 15 is 0 Å². The summed E-state index contributed by atoms with van der Waals surface area (Å²) in [5.74, 6) is 0.403. The minimum Gasteiger partial charge on any atom is -0.492 e. The van der Waals surface area contributed by atoms with E-state index in [4.69, 9.17) is 9.72 Å². The third kappa shape index (κ3) is 4.62. The Kier molecular flexibility index (Phi) is 6.41. The average Bonchev–Trinajstić information content (AvgIpc) is 3.36. The summed E-state index contributed by atoms with van der Waals surface area (Å²) in [5.41, 5.74) is 3.89. The molecule has 2 unspecified atom stereocenters. The predicted molar refractivity (Wildman–Crippen MR) is 140 cm³/mol. The van der Waals surface area contributed by atoms with Gasteiger partial charge in [0.1, 0.15) is 18.0 Å². The van der Waals surface area contributed by atoms with Crippen LogP contribution in [0.3, 0.4) is 0 Å². The number of aromatic nitrogens is 1. The molecule has 1 spiro atoms. The molecular formula is C28H34N4O4S. The van der Waals surface area contributed by atoms with Gasteiger partial charge in [-0.05, 0) is 68.6 Å². The van der Waals surface area contributed by atoms with Crippen LogP contribution < -0.4 is 10.1 Å². The summed E-state index contributed by atoms with van der Waals surface area (Å²) in [6.45, 7) is 8.24. The van der Waals surface area contributed by atoms with Gasteiger partial charge < -0.3 is 20.1 Å². The fraction of sp³-hybridized carbons (Fsp3) is 0.536. The van der Waals surface area contributed by atoms with E-state index in [0.29, 0.717) is 36.8 Å². The number of aliphatic hydroxyl groups excluding tert-OH is 1. The number of fused-ring (bicyclic) bond motifs is 3. The third-order valence-electron chi connectivity index (χ3n) is 8.15. The molecule has 9 heteroatoms. The summed E-state index contributed by atoms with van der Waals surface area (Å²) in [6.07, 6.45) is 2.09. The van der Waals surface area contributed by atoms with Crippen LogP contribution in [-0.2, 0) is 23.3 Å². The van der Waals surface area contributed by atoms with Crippen molar-refractivity contribution < 1.29 is 19.4 Å². The molecule has 0 radical (unpaired) electrons. The second-order valence-electron chi connectivity index (χ2n) is 11.0. The minimum absolute atomic E-state index is 0.0353. The Morgan fingerprint density at radius 1 is 1.22 bits per heavy atom. The molecule has 0 aliphatic carbocycles. The smallest absolute Gasteiger partial charge is 0.255 e. The Morgan fingerprint density at radius 3 is 2.78 bits per heavy atom. The number of aliphatic hydroxyl groups is 1. The highest BCUT2D eigenvalue weighted by Crippen LogP contribution is 2.48. The number of benzene rings is 1. The fourth-order valence-corrected chi connectivity index (χ4v) is 6.97. The molecule has 2 saturated heterocycles. The van der Waals surface area contributed by atoms with Crippen molar-refractivity contribution in [2.45, 2.75) is 80.6 Å². The van der Waals surface area contributed by atoms with Crippen LogP contribution in [0.25, 0.3) is 0 Å². The Labute approximate surface area is 221 Å². The lowest BCUT2D eigenvalue weighted by atomic mass is 9.74. The lowest BCUT2D eigenvalue weighted by Crippen LogP contribution is -2.54. The van der Waals surface area contributed by atoms with Crippen LogP contribution in [0, 0.1) is 0 Å². The molecule has 37 heavy (non-hydrogen) atoms. The van der Waals surface area contributed by atoms with Crippen molar-refractivity contribution in [2.24, 2.45) is 0 Å². The van der Waals surface area contributed by atoms with Gasteiger partial charge >= 0.3 is 0 Å². The molecule has 8 nitrogen and oxygen atoms in total. The number of carbonyl (C=O) groups excluding carboxylic acids is 2. The quantitative estimate of drug-likeness (QED) is 0.583. The highest BCUT2D eigenvalue weighted by Gasteiger charge is 2.46. The molecular weight excluding hydrogens is 488 g/mol. The Morgan fingerprint density at radius 2 is 2.03 bits per heavy atom. The highest BCUT2D eigenvalue weighted by atomic mass is 32.2. The maximum Gasteiger partial charge on any atom is 0.255 e. The maximum atomic E-state index is 13.2. The first-order valence-electron chi connectivity index (χ1n) is 13.3. The van der Waals surface area contributed by atoms with Crippen LogP contribution in [0.1, 0.15) is 66.7 Å². The molecule has 1 aromatic heterocycles. The van der Waals surface area contributed by atoms with E-state index in [-0.39, 0.29) is 17.2 Å². The molecule has 196 valence electrons. The zero-order valence-electron chi connectivity index (χ0n) is 21.4. The zero-order valence-corrected chi connectivity index (χ0v) is 22.2. The molecule has 4 aliphatic rings. The van der Waals surface area contributed by atoms with Gasteiger partial charge in [0.2, 0.25) is 5.91 Å². The van der Waals surface area contributed by atoms with Crippen LogP contribution in [0.5, 0.6) is 5.75 Å². The zero-order chi connectivity index (χ0) is 25.7. The summed E-state index contributed by atoms with van der Waals surface area (Å²) in [5, 5.41) is 13.9. The first-order valence-corrected chi connectivity index (χ1v) is 14.1. The maximum absolute atomic E-state index is 13.2. The Bertz CT molecular complexity index is 1230. The molecule has 6 rings (SSSR count). The van der Waals surface area contributed by atoms with Gasteiger partial charge in [0.25, 0.3) is 5.91 Å². The van der Waals surface area contributed by atoms with E-state index in [1.165, 1.54) is 5.56 Å². The van der Waals surface area contributed by atoms with E-state index in [2.05, 4.69) is 48.3 Å². The topological polar surface area (TPSA) is 95.0 Å². The van der Waals surface area contributed by atoms with Crippen molar-refractivity contribution in [1.29, 1.82) is 0 Å². The molecule has 5 heterocycles. The van der Waals surface area contributed by atoms with Crippen molar-refractivity contribution in [2.75, 3.05) is 19.7 Å². The molecule has 2 amide bonds. The summed E-state index contributed by atoms with van der Waals surface area (Å²) in [6, 6.07) is 9.81. The third-order valence-corrected chi connectivity index (χ3v) is 9.09. The first kappa shape index (κ1) is 24.7. The number of piperidine rings is 2. The molecule has 4 aliphatic heterocycles. The van der Waals surface area contributed by atoms with Crippen LogP contribution in [-0.4, -0.2) is 68.9 Å². The SMILES string of the molecule is CC(C)Sc1cccc(CN2CCC3(CC2)COc2cc4c(cc23)CN(C2CCC(O)NC2=O)C4=O)n1. The number of ether oxygens (including phenoxy) is 1. The molecule has 2 atom stereocenters. The van der Waals surface area contributed by atoms with Gasteiger partial charge in [-0.2, -0.15) is 0 Å². The second-order valence-corrected chi connectivity index (χ2v) is 12.6. The summed E-state index contributed by atoms with van der Waals surface area (Å²) in [7, 11) is 0. The standard InChI is InChI=1S/C28H34N4O4S/c1-17(2)37-25-5-3-4-19(29-25)15-31-10-8-28(9-11-31)16-36-23-13-20-18(12-21(23)28)14-32(27(20)35)22-6-7-24(33)30-26(22)34/h3-5,12-13,17,22,24,33H,6-11,14-16H2,1-2H3,(H,30,34). The number of nitrogens with one attached hydrogen (secondary N) is 1. The molecule has 0 bridgehead atoms. The number of likely N-dealkylation sites (tertiary alicyclic amines) is 1. The van der Waals surface area contributed by atoms with Gasteiger partial charge in [0.05, 0.1) is 17.3 Å². The largest absolute Gasteiger partial charge is 0.492 e. The first-order chi connectivity index (χ1) is 17.8. The Hall–Kier alpha value is -2.62. The van der Waals surface area contributed by atoms with Crippen LogP contribution in [0.2, 0.25) is 0 Å². The van der Waals surface area contributed by atoms with Gasteiger partial charge in [0.15, 0.2) is 0 Å². The van der Waals surface area contributed by atoms with Crippen molar-refractivity contribution in [3.63, 3.8) is 0 Å². The number of hydrogen-bond donors (Lipinski definition) is 2. The van der Waals surface area contributed by atoms with Crippen molar-refractivity contribution in [3.05, 3.63) is 52.7 Å². The lowest BCUT2D eigenvalue weighted by molar-refractivity contribution is -0.132. The second kappa shape index (κ2) is 9.60. The molecule has 2 fully saturated rings. The van der Waals surface area contributed by atoms with E-state index < -0.39 is 12.3 Å². The van der Waals surface area contributed by atoms with E-state index in [9.17, 15) is 14.7 Å². The van der Waals surface area contributed by atoms with E-state index in [1.54, 1.807) is 16.7 Å². The Balaban J connectivity index is 1.15.